The fraction of sp³-hybridized carbons (Fsp3) is 0.200. The molecule has 0 atom stereocenters. The first-order chi connectivity index (χ1) is 11.5. The van der Waals surface area contributed by atoms with E-state index in [0.29, 0.717) is 0 Å². The van der Waals surface area contributed by atoms with Gasteiger partial charge in [0.1, 0.15) is 6.33 Å². The summed E-state index contributed by atoms with van der Waals surface area (Å²) in [6.45, 7) is 6.71. The van der Waals surface area contributed by atoms with Crippen molar-refractivity contribution in [3.05, 3.63) is 66.5 Å². The molecule has 0 radical (unpaired) electrons. The van der Waals surface area contributed by atoms with Crippen LogP contribution in [0.1, 0.15) is 26.3 Å². The molecule has 3 nitrogen and oxygen atoms in total. The molecule has 0 saturated heterocycles. The van der Waals surface area contributed by atoms with E-state index in [2.05, 4.69) is 79.4 Å². The van der Waals surface area contributed by atoms with Crippen molar-refractivity contribution < 1.29 is 0 Å². The predicted octanol–water partition coefficient (Wildman–Crippen LogP) is 5.42. The van der Waals surface area contributed by atoms with Gasteiger partial charge in [-0.25, -0.2) is 9.50 Å². The molecule has 0 saturated carbocycles. The Morgan fingerprint density at radius 3 is 2.25 bits per heavy atom. The van der Waals surface area contributed by atoms with Crippen molar-refractivity contribution >= 4 is 16.3 Å². The molecule has 24 heavy (non-hydrogen) atoms. The number of rotatable bonds is 2. The second-order valence-corrected chi connectivity index (χ2v) is 7.91. The van der Waals surface area contributed by atoms with Gasteiger partial charge in [-0.15, -0.1) is 0 Å². The van der Waals surface area contributed by atoms with Crippen LogP contribution in [0.5, 0.6) is 0 Å². The molecule has 0 spiro atoms. The standard InChI is InChI=1S/C20H19N3S/c1-20(2,3)16-11-9-15(10-12-16)18-17(14-7-5-4-6-8-14)23-19(24-18)21-13-22-23/h4-13H,1-3H3. The zero-order chi connectivity index (χ0) is 16.7. The predicted molar refractivity (Wildman–Crippen MR) is 100 cm³/mol. The Kier molecular flexibility index (Phi) is 3.50. The first-order valence-corrected chi connectivity index (χ1v) is 8.84. The molecule has 4 rings (SSSR count). The number of aromatic nitrogens is 3. The van der Waals surface area contributed by atoms with E-state index in [0.717, 1.165) is 16.2 Å². The number of thiazole rings is 1. The van der Waals surface area contributed by atoms with Gasteiger partial charge < -0.3 is 0 Å². The van der Waals surface area contributed by atoms with E-state index in [1.165, 1.54) is 16.0 Å². The van der Waals surface area contributed by atoms with Crippen LogP contribution in [0, 0.1) is 0 Å². The van der Waals surface area contributed by atoms with Crippen molar-refractivity contribution in [3.63, 3.8) is 0 Å². The first kappa shape index (κ1) is 15.1. The number of benzene rings is 2. The lowest BCUT2D eigenvalue weighted by Gasteiger charge is -2.19. The van der Waals surface area contributed by atoms with Crippen LogP contribution in [-0.4, -0.2) is 14.6 Å². The van der Waals surface area contributed by atoms with Gasteiger partial charge in [-0.1, -0.05) is 86.7 Å². The normalized spacial score (nSPS) is 12.0. The summed E-state index contributed by atoms with van der Waals surface area (Å²) in [5.74, 6) is 0. The Bertz CT molecular complexity index is 973. The van der Waals surface area contributed by atoms with Crippen LogP contribution in [0.4, 0.5) is 0 Å². The Balaban J connectivity index is 1.90. The molecule has 0 aliphatic carbocycles. The van der Waals surface area contributed by atoms with E-state index in [9.17, 15) is 0 Å². The second kappa shape index (κ2) is 5.56. The van der Waals surface area contributed by atoms with Gasteiger partial charge in [-0.3, -0.25) is 0 Å². The number of nitrogens with zero attached hydrogens (tertiary/aromatic N) is 3. The molecule has 4 aromatic rings. The molecule has 2 heterocycles. The molecule has 4 heteroatoms. The summed E-state index contributed by atoms with van der Waals surface area (Å²) in [5, 5.41) is 4.41. The van der Waals surface area contributed by atoms with Gasteiger partial charge in [0.2, 0.25) is 4.96 Å². The Labute approximate surface area is 145 Å². The van der Waals surface area contributed by atoms with Crippen LogP contribution in [-0.2, 0) is 5.41 Å². The van der Waals surface area contributed by atoms with Gasteiger partial charge in [-0.2, -0.15) is 5.10 Å². The van der Waals surface area contributed by atoms with E-state index in [4.69, 9.17) is 0 Å². The minimum Gasteiger partial charge on any atom is -0.206 e. The van der Waals surface area contributed by atoms with Crippen molar-refractivity contribution in [1.29, 1.82) is 0 Å². The Hall–Kier alpha value is -2.46. The molecule has 0 fully saturated rings. The molecule has 0 aliphatic rings. The van der Waals surface area contributed by atoms with Crippen LogP contribution >= 0.6 is 11.3 Å². The van der Waals surface area contributed by atoms with E-state index in [-0.39, 0.29) is 5.41 Å². The smallest absolute Gasteiger partial charge is 0.206 e. The summed E-state index contributed by atoms with van der Waals surface area (Å²) < 4.78 is 1.94. The van der Waals surface area contributed by atoms with Gasteiger partial charge in [0.05, 0.1) is 10.6 Å². The lowest BCUT2D eigenvalue weighted by atomic mass is 9.86. The molecule has 0 aliphatic heterocycles. The molecule has 2 aromatic heterocycles. The topological polar surface area (TPSA) is 30.2 Å². The van der Waals surface area contributed by atoms with Crippen LogP contribution in [0.3, 0.4) is 0 Å². The maximum absolute atomic E-state index is 4.41. The summed E-state index contributed by atoms with van der Waals surface area (Å²) in [7, 11) is 0. The van der Waals surface area contributed by atoms with E-state index < -0.39 is 0 Å². The second-order valence-electron chi connectivity index (χ2n) is 6.93. The SMILES string of the molecule is CC(C)(C)c1ccc(-c2sc3ncnn3c2-c2ccccc2)cc1. The zero-order valence-corrected chi connectivity index (χ0v) is 14.8. The van der Waals surface area contributed by atoms with Crippen molar-refractivity contribution in [2.45, 2.75) is 26.2 Å². The number of fused-ring (bicyclic) bond motifs is 1. The highest BCUT2D eigenvalue weighted by molar-refractivity contribution is 7.20. The average Bonchev–Trinajstić information content (AvgIpc) is 3.15. The summed E-state index contributed by atoms with van der Waals surface area (Å²) >= 11 is 1.68. The van der Waals surface area contributed by atoms with Crippen LogP contribution < -0.4 is 0 Å². The summed E-state index contributed by atoms with van der Waals surface area (Å²) in [6, 6.07) is 19.2. The number of hydrogen-bond donors (Lipinski definition) is 0. The van der Waals surface area contributed by atoms with Gasteiger partial charge in [-0.05, 0) is 16.5 Å². The first-order valence-electron chi connectivity index (χ1n) is 8.03. The average molecular weight is 333 g/mol. The summed E-state index contributed by atoms with van der Waals surface area (Å²) in [6.07, 6.45) is 1.62. The largest absolute Gasteiger partial charge is 0.213 e. The third kappa shape index (κ3) is 2.53. The lowest BCUT2D eigenvalue weighted by molar-refractivity contribution is 0.590. The maximum atomic E-state index is 4.41. The number of hydrogen-bond acceptors (Lipinski definition) is 3. The zero-order valence-electron chi connectivity index (χ0n) is 14.0. The Morgan fingerprint density at radius 1 is 0.875 bits per heavy atom. The van der Waals surface area contributed by atoms with Crippen molar-refractivity contribution in [3.8, 4) is 21.7 Å². The summed E-state index contributed by atoms with van der Waals surface area (Å²) in [4.78, 5) is 6.50. The minimum absolute atomic E-state index is 0.159. The van der Waals surface area contributed by atoms with E-state index >= 15 is 0 Å². The Morgan fingerprint density at radius 2 is 1.58 bits per heavy atom. The molecule has 2 aromatic carbocycles. The van der Waals surface area contributed by atoms with Crippen LogP contribution in [0.15, 0.2) is 60.9 Å². The quantitative estimate of drug-likeness (QED) is 0.490. The third-order valence-electron chi connectivity index (χ3n) is 4.20. The van der Waals surface area contributed by atoms with Crippen LogP contribution in [0.25, 0.3) is 26.7 Å². The van der Waals surface area contributed by atoms with Gasteiger partial charge >= 0.3 is 0 Å². The monoisotopic (exact) mass is 333 g/mol. The fourth-order valence-electron chi connectivity index (χ4n) is 2.86. The molecule has 120 valence electrons. The molecular weight excluding hydrogens is 314 g/mol. The van der Waals surface area contributed by atoms with Gasteiger partial charge in [0.25, 0.3) is 0 Å². The third-order valence-corrected chi connectivity index (χ3v) is 5.29. The van der Waals surface area contributed by atoms with Crippen molar-refractivity contribution in [2.75, 3.05) is 0 Å². The minimum atomic E-state index is 0.159. The highest BCUT2D eigenvalue weighted by atomic mass is 32.1. The summed E-state index contributed by atoms with van der Waals surface area (Å²) in [5.41, 5.74) is 4.97. The van der Waals surface area contributed by atoms with Crippen molar-refractivity contribution in [2.24, 2.45) is 0 Å². The van der Waals surface area contributed by atoms with E-state index in [1.54, 1.807) is 17.7 Å². The van der Waals surface area contributed by atoms with Gasteiger partial charge in [0, 0.05) is 5.56 Å². The highest BCUT2D eigenvalue weighted by Crippen LogP contribution is 2.39. The van der Waals surface area contributed by atoms with Crippen molar-refractivity contribution in [1.82, 2.24) is 14.6 Å². The van der Waals surface area contributed by atoms with Gasteiger partial charge in [0.15, 0.2) is 0 Å². The lowest BCUT2D eigenvalue weighted by Crippen LogP contribution is -2.10. The van der Waals surface area contributed by atoms with Crippen LogP contribution in [0.2, 0.25) is 0 Å². The molecule has 0 N–H and O–H groups in total. The molecule has 0 amide bonds. The fourth-order valence-corrected chi connectivity index (χ4v) is 3.92. The molecular formula is C20H19N3S. The molecule has 0 bridgehead atoms. The van der Waals surface area contributed by atoms with E-state index in [1.807, 2.05) is 10.6 Å². The molecule has 0 unspecified atom stereocenters. The maximum Gasteiger partial charge on any atom is 0.213 e. The highest BCUT2D eigenvalue weighted by Gasteiger charge is 2.18.